The number of nitrogens with one attached hydrogen (secondary N) is 1. The second-order valence-electron chi connectivity index (χ2n) is 3.58. The van der Waals surface area contributed by atoms with Gasteiger partial charge in [-0.1, -0.05) is 0 Å². The lowest BCUT2D eigenvalue weighted by Crippen LogP contribution is -2.12. The quantitative estimate of drug-likeness (QED) is 0.676. The van der Waals surface area contributed by atoms with Crippen molar-refractivity contribution in [1.82, 2.24) is 4.98 Å². The summed E-state index contributed by atoms with van der Waals surface area (Å²) in [6.45, 7) is 0. The highest BCUT2D eigenvalue weighted by molar-refractivity contribution is 9.10. The van der Waals surface area contributed by atoms with Gasteiger partial charge in [-0.05, 0) is 28.1 Å². The Morgan fingerprint density at radius 1 is 1.16 bits per heavy atom. The van der Waals surface area contributed by atoms with E-state index in [1.807, 2.05) is 0 Å². The summed E-state index contributed by atoms with van der Waals surface area (Å²) < 4.78 is 39.2. The van der Waals surface area contributed by atoms with Gasteiger partial charge in [0.25, 0.3) is 5.91 Å². The summed E-state index contributed by atoms with van der Waals surface area (Å²) in [5.41, 5.74) is 0.0256. The van der Waals surface area contributed by atoms with E-state index in [2.05, 4.69) is 26.2 Å². The number of aromatic nitrogens is 1. The third kappa shape index (κ3) is 3.11. The van der Waals surface area contributed by atoms with Crippen LogP contribution in [-0.4, -0.2) is 10.9 Å². The summed E-state index contributed by atoms with van der Waals surface area (Å²) in [5, 5.41) is 2.25. The number of halogens is 4. The normalized spacial score (nSPS) is 10.3. The lowest BCUT2D eigenvalue weighted by atomic mass is 10.2. The molecule has 0 spiro atoms. The van der Waals surface area contributed by atoms with Crippen molar-refractivity contribution in [2.45, 2.75) is 0 Å². The van der Waals surface area contributed by atoms with Gasteiger partial charge in [0, 0.05) is 24.0 Å². The van der Waals surface area contributed by atoms with E-state index < -0.39 is 23.4 Å². The fourth-order valence-electron chi connectivity index (χ4n) is 1.34. The van der Waals surface area contributed by atoms with Crippen LogP contribution in [-0.2, 0) is 0 Å². The molecule has 1 amide bonds. The topological polar surface area (TPSA) is 42.0 Å². The molecule has 0 aliphatic carbocycles. The van der Waals surface area contributed by atoms with Crippen LogP contribution in [0.4, 0.5) is 18.9 Å². The molecule has 0 fully saturated rings. The summed E-state index contributed by atoms with van der Waals surface area (Å²) in [4.78, 5) is 15.6. The third-order valence-corrected chi connectivity index (χ3v) is 2.70. The first-order valence-electron chi connectivity index (χ1n) is 5.05. The van der Waals surface area contributed by atoms with Crippen molar-refractivity contribution >= 4 is 27.5 Å². The van der Waals surface area contributed by atoms with Gasteiger partial charge in [0.1, 0.15) is 4.60 Å². The van der Waals surface area contributed by atoms with Crippen molar-refractivity contribution in [3.05, 3.63) is 58.1 Å². The maximum absolute atomic E-state index is 13.0. The van der Waals surface area contributed by atoms with E-state index in [1.54, 1.807) is 6.07 Å². The Morgan fingerprint density at radius 3 is 2.32 bits per heavy atom. The highest BCUT2D eigenvalue weighted by atomic mass is 79.9. The van der Waals surface area contributed by atoms with E-state index in [1.165, 1.54) is 12.3 Å². The van der Waals surface area contributed by atoms with E-state index in [9.17, 15) is 18.0 Å². The molecule has 2 aromatic rings. The molecule has 0 radical (unpaired) electrons. The molecule has 7 heteroatoms. The van der Waals surface area contributed by atoms with Gasteiger partial charge >= 0.3 is 0 Å². The number of pyridine rings is 1. The summed E-state index contributed by atoms with van der Waals surface area (Å²) in [6, 6.07) is 4.41. The Labute approximate surface area is 114 Å². The van der Waals surface area contributed by atoms with E-state index in [4.69, 9.17) is 0 Å². The lowest BCUT2D eigenvalue weighted by molar-refractivity contribution is 0.102. The first kappa shape index (κ1) is 13.5. The van der Waals surface area contributed by atoms with Crippen molar-refractivity contribution in [3.8, 4) is 0 Å². The van der Waals surface area contributed by atoms with Crippen molar-refractivity contribution in [2.75, 3.05) is 5.32 Å². The summed E-state index contributed by atoms with van der Waals surface area (Å²) >= 11 is 3.10. The van der Waals surface area contributed by atoms with Crippen molar-refractivity contribution < 1.29 is 18.0 Å². The van der Waals surface area contributed by atoms with Crippen LogP contribution in [0.1, 0.15) is 10.4 Å². The fourth-order valence-corrected chi connectivity index (χ4v) is 1.58. The predicted octanol–water partition coefficient (Wildman–Crippen LogP) is 3.51. The minimum atomic E-state index is -1.58. The fraction of sp³-hybridized carbons (Fsp3) is 0. The molecule has 0 saturated carbocycles. The molecule has 1 aromatic carbocycles. The molecule has 0 saturated heterocycles. The lowest BCUT2D eigenvalue weighted by Gasteiger charge is -2.06. The molecule has 0 bridgehead atoms. The smallest absolute Gasteiger partial charge is 0.257 e. The Kier molecular flexibility index (Phi) is 3.84. The highest BCUT2D eigenvalue weighted by Gasteiger charge is 2.13. The Morgan fingerprint density at radius 2 is 1.79 bits per heavy atom. The molecule has 0 atom stereocenters. The number of amides is 1. The van der Waals surface area contributed by atoms with Crippen LogP contribution in [0.2, 0.25) is 0 Å². The van der Waals surface area contributed by atoms with Gasteiger partial charge in [-0.15, -0.1) is 0 Å². The Bertz CT molecular complexity index is 608. The van der Waals surface area contributed by atoms with Crippen LogP contribution in [0.25, 0.3) is 0 Å². The Balaban J connectivity index is 2.22. The zero-order valence-electron chi connectivity index (χ0n) is 9.25. The number of nitrogens with zero attached hydrogens (tertiary/aromatic N) is 1. The van der Waals surface area contributed by atoms with Gasteiger partial charge in [0.15, 0.2) is 17.5 Å². The van der Waals surface area contributed by atoms with Crippen molar-refractivity contribution in [3.63, 3.8) is 0 Å². The Hall–Kier alpha value is -1.89. The molecule has 19 heavy (non-hydrogen) atoms. The summed E-state index contributed by atoms with van der Waals surface area (Å²) in [6.07, 6.45) is 1.29. The van der Waals surface area contributed by atoms with Crippen LogP contribution in [0.15, 0.2) is 35.1 Å². The van der Waals surface area contributed by atoms with E-state index >= 15 is 0 Å². The molecule has 2 rings (SSSR count). The minimum Gasteiger partial charge on any atom is -0.322 e. The number of anilines is 1. The van der Waals surface area contributed by atoms with Gasteiger partial charge in [-0.25, -0.2) is 18.2 Å². The van der Waals surface area contributed by atoms with Crippen molar-refractivity contribution in [1.29, 1.82) is 0 Å². The third-order valence-electron chi connectivity index (χ3n) is 2.23. The second kappa shape index (κ2) is 5.40. The van der Waals surface area contributed by atoms with Crippen LogP contribution in [0.3, 0.4) is 0 Å². The average Bonchev–Trinajstić information content (AvgIpc) is 2.36. The molecule has 0 aliphatic rings. The van der Waals surface area contributed by atoms with Gasteiger partial charge in [0.2, 0.25) is 0 Å². The second-order valence-corrected chi connectivity index (χ2v) is 4.39. The standard InChI is InChI=1S/C12H6BrF3N2O/c13-10-2-1-6(5-17-10)12(19)18-7-3-8(14)11(16)9(15)4-7/h1-5H,(H,18,19). The van der Waals surface area contributed by atoms with Crippen LogP contribution >= 0.6 is 15.9 Å². The van der Waals surface area contributed by atoms with Crippen LogP contribution in [0.5, 0.6) is 0 Å². The zero-order valence-corrected chi connectivity index (χ0v) is 10.8. The summed E-state index contributed by atoms with van der Waals surface area (Å²) in [7, 11) is 0. The minimum absolute atomic E-state index is 0.177. The maximum Gasteiger partial charge on any atom is 0.257 e. The van der Waals surface area contributed by atoms with Crippen LogP contribution < -0.4 is 5.32 Å². The monoisotopic (exact) mass is 330 g/mol. The molecule has 0 aliphatic heterocycles. The number of hydrogen-bond acceptors (Lipinski definition) is 2. The predicted molar refractivity (Wildman–Crippen MR) is 66.2 cm³/mol. The van der Waals surface area contributed by atoms with Gasteiger partial charge in [-0.2, -0.15) is 0 Å². The number of rotatable bonds is 2. The molecule has 98 valence electrons. The zero-order chi connectivity index (χ0) is 14.0. The number of hydrogen-bond donors (Lipinski definition) is 1. The summed E-state index contributed by atoms with van der Waals surface area (Å²) in [5.74, 6) is -4.93. The number of carbonyl (C=O) groups excluding carboxylic acids is 1. The maximum atomic E-state index is 13.0. The molecule has 1 aromatic heterocycles. The van der Waals surface area contributed by atoms with Gasteiger partial charge in [-0.3, -0.25) is 4.79 Å². The average molecular weight is 331 g/mol. The first-order chi connectivity index (χ1) is 8.97. The van der Waals surface area contributed by atoms with E-state index in [0.29, 0.717) is 16.7 Å². The van der Waals surface area contributed by atoms with E-state index in [-0.39, 0.29) is 11.3 Å². The van der Waals surface area contributed by atoms with Crippen LogP contribution in [0, 0.1) is 17.5 Å². The largest absolute Gasteiger partial charge is 0.322 e. The number of benzene rings is 1. The van der Waals surface area contributed by atoms with Crippen molar-refractivity contribution in [2.24, 2.45) is 0 Å². The highest BCUT2D eigenvalue weighted by Crippen LogP contribution is 2.18. The molecule has 0 unspecified atom stereocenters. The first-order valence-corrected chi connectivity index (χ1v) is 5.84. The number of carbonyl (C=O) groups is 1. The van der Waals surface area contributed by atoms with Gasteiger partial charge < -0.3 is 5.32 Å². The van der Waals surface area contributed by atoms with E-state index in [0.717, 1.165) is 0 Å². The van der Waals surface area contributed by atoms with Gasteiger partial charge in [0.05, 0.1) is 5.56 Å². The molecule has 1 heterocycles. The molecule has 1 N–H and O–H groups in total. The molecular weight excluding hydrogens is 325 g/mol. The molecular formula is C12H6BrF3N2O. The SMILES string of the molecule is O=C(Nc1cc(F)c(F)c(F)c1)c1ccc(Br)nc1. The molecule has 3 nitrogen and oxygen atoms in total.